The van der Waals surface area contributed by atoms with E-state index in [2.05, 4.69) is 5.32 Å². The van der Waals surface area contributed by atoms with E-state index in [0.717, 1.165) is 4.31 Å². The van der Waals surface area contributed by atoms with Gasteiger partial charge in [-0.3, -0.25) is 13.9 Å². The van der Waals surface area contributed by atoms with E-state index in [9.17, 15) is 18.0 Å². The van der Waals surface area contributed by atoms with E-state index in [0.29, 0.717) is 21.2 Å². The van der Waals surface area contributed by atoms with E-state index < -0.39 is 28.5 Å². The van der Waals surface area contributed by atoms with E-state index in [1.54, 1.807) is 74.5 Å². The number of hydrogen-bond donors (Lipinski definition) is 1. The van der Waals surface area contributed by atoms with Gasteiger partial charge in [0.25, 0.3) is 10.0 Å². The molecule has 0 aliphatic heterocycles. The van der Waals surface area contributed by atoms with Gasteiger partial charge in [-0.1, -0.05) is 59.6 Å². The van der Waals surface area contributed by atoms with Crippen molar-refractivity contribution in [2.75, 3.05) is 10.8 Å². The fraction of sp³-hybridized carbons (Fsp3) is 0.286. The Bertz CT molecular complexity index is 1400. The number of anilines is 1. The number of halogens is 2. The minimum Gasteiger partial charge on any atom is -0.352 e. The average Bonchev–Trinajstić information content (AvgIpc) is 2.87. The van der Waals surface area contributed by atoms with Gasteiger partial charge in [0.2, 0.25) is 11.8 Å². The molecule has 0 fully saturated rings. The SMILES string of the molecule is Cc1c(Cl)cccc1N(CC(=O)N(Cc1cccc(Cl)c1)[C@H](C)C(=O)NC(C)C)S(=O)(=O)c1ccccc1. The number of amides is 2. The third-order valence-electron chi connectivity index (χ3n) is 5.96. The van der Waals surface area contributed by atoms with Crippen molar-refractivity contribution in [2.24, 2.45) is 0 Å². The lowest BCUT2D eigenvalue weighted by Gasteiger charge is -2.32. The zero-order chi connectivity index (χ0) is 28.0. The minimum atomic E-state index is -4.16. The first-order valence-electron chi connectivity index (χ1n) is 12.1. The Labute approximate surface area is 234 Å². The Morgan fingerprint density at radius 3 is 2.21 bits per heavy atom. The number of sulfonamides is 1. The molecule has 0 saturated carbocycles. The maximum atomic E-state index is 13.9. The molecular formula is C28H31Cl2N3O4S. The molecule has 0 aliphatic rings. The summed E-state index contributed by atoms with van der Waals surface area (Å²) in [6.07, 6.45) is 0. The zero-order valence-electron chi connectivity index (χ0n) is 21.7. The molecule has 0 aromatic heterocycles. The van der Waals surface area contributed by atoms with E-state index in [4.69, 9.17) is 23.2 Å². The molecule has 3 aromatic rings. The number of benzene rings is 3. The number of carbonyl (C=O) groups excluding carboxylic acids is 2. The van der Waals surface area contributed by atoms with Crippen molar-refractivity contribution in [1.82, 2.24) is 10.2 Å². The number of rotatable bonds is 10. The first-order valence-corrected chi connectivity index (χ1v) is 14.3. The second-order valence-corrected chi connectivity index (χ2v) is 11.9. The van der Waals surface area contributed by atoms with Crippen LogP contribution in [0.25, 0.3) is 0 Å². The minimum absolute atomic E-state index is 0.0270. The fourth-order valence-corrected chi connectivity index (χ4v) is 5.79. The van der Waals surface area contributed by atoms with Crippen molar-refractivity contribution in [1.29, 1.82) is 0 Å². The largest absolute Gasteiger partial charge is 0.352 e. The van der Waals surface area contributed by atoms with Gasteiger partial charge >= 0.3 is 0 Å². The Kier molecular flexibility index (Phi) is 9.82. The molecule has 1 N–H and O–H groups in total. The predicted molar refractivity (Wildman–Crippen MR) is 152 cm³/mol. The molecule has 202 valence electrons. The Balaban J connectivity index is 2.07. The molecule has 0 bridgehead atoms. The van der Waals surface area contributed by atoms with Crippen LogP contribution in [-0.2, 0) is 26.2 Å². The molecule has 0 aliphatic carbocycles. The maximum absolute atomic E-state index is 13.9. The first kappa shape index (κ1) is 29.5. The van der Waals surface area contributed by atoms with Gasteiger partial charge in [0, 0.05) is 22.6 Å². The molecule has 10 heteroatoms. The van der Waals surface area contributed by atoms with Gasteiger partial charge in [-0.25, -0.2) is 8.42 Å². The van der Waals surface area contributed by atoms with Gasteiger partial charge in [0.1, 0.15) is 12.6 Å². The summed E-state index contributed by atoms with van der Waals surface area (Å²) in [6.45, 7) is 6.46. The Hall–Kier alpha value is -3.07. The second kappa shape index (κ2) is 12.7. The average molecular weight is 577 g/mol. The standard InChI is InChI=1S/C28H31Cl2N3O4S/c1-19(2)31-28(35)21(4)32(17-22-10-8-11-23(29)16-22)27(34)18-33(26-15-9-14-25(30)20(26)3)38(36,37)24-12-6-5-7-13-24/h5-16,19,21H,17-18H2,1-4H3,(H,31,35)/t21-/m1/s1. The second-order valence-electron chi connectivity index (χ2n) is 9.20. The van der Waals surface area contributed by atoms with Gasteiger partial charge in [-0.05, 0) is 75.2 Å². The van der Waals surface area contributed by atoms with Crippen LogP contribution < -0.4 is 9.62 Å². The highest BCUT2D eigenvalue weighted by atomic mass is 35.5. The van der Waals surface area contributed by atoms with Crippen molar-refractivity contribution in [3.8, 4) is 0 Å². The van der Waals surface area contributed by atoms with Gasteiger partial charge < -0.3 is 10.2 Å². The molecule has 3 aromatic carbocycles. The summed E-state index contributed by atoms with van der Waals surface area (Å²) >= 11 is 12.5. The van der Waals surface area contributed by atoms with E-state index >= 15 is 0 Å². The van der Waals surface area contributed by atoms with Crippen LogP contribution in [0.2, 0.25) is 10.0 Å². The molecule has 0 radical (unpaired) electrons. The smallest absolute Gasteiger partial charge is 0.264 e. The van der Waals surface area contributed by atoms with Crippen molar-refractivity contribution in [3.05, 3.63) is 94.0 Å². The van der Waals surface area contributed by atoms with Crippen LogP contribution >= 0.6 is 23.2 Å². The first-order chi connectivity index (χ1) is 17.9. The van der Waals surface area contributed by atoms with Crippen molar-refractivity contribution in [2.45, 2.75) is 51.2 Å². The van der Waals surface area contributed by atoms with E-state index in [1.165, 1.54) is 17.0 Å². The summed E-state index contributed by atoms with van der Waals surface area (Å²) in [5.74, 6) is -0.915. The summed E-state index contributed by atoms with van der Waals surface area (Å²) in [5.41, 5.74) is 1.48. The highest BCUT2D eigenvalue weighted by molar-refractivity contribution is 7.92. The molecule has 38 heavy (non-hydrogen) atoms. The third-order valence-corrected chi connectivity index (χ3v) is 8.38. The Morgan fingerprint density at radius 1 is 0.921 bits per heavy atom. The van der Waals surface area contributed by atoms with Crippen LogP contribution in [0.5, 0.6) is 0 Å². The monoisotopic (exact) mass is 575 g/mol. The lowest BCUT2D eigenvalue weighted by molar-refractivity contribution is -0.139. The zero-order valence-corrected chi connectivity index (χ0v) is 24.0. The van der Waals surface area contributed by atoms with Crippen molar-refractivity contribution < 1.29 is 18.0 Å². The normalized spacial score (nSPS) is 12.2. The lowest BCUT2D eigenvalue weighted by Crippen LogP contribution is -2.52. The van der Waals surface area contributed by atoms with Gasteiger partial charge in [-0.2, -0.15) is 0 Å². The van der Waals surface area contributed by atoms with Gasteiger partial charge in [-0.15, -0.1) is 0 Å². The van der Waals surface area contributed by atoms with Crippen molar-refractivity contribution >= 4 is 50.7 Å². The topological polar surface area (TPSA) is 86.8 Å². The molecule has 0 spiro atoms. The number of hydrogen-bond acceptors (Lipinski definition) is 4. The van der Waals surface area contributed by atoms with Gasteiger partial charge in [0.15, 0.2) is 0 Å². The molecule has 0 unspecified atom stereocenters. The summed E-state index contributed by atoms with van der Waals surface area (Å²) in [4.78, 5) is 28.2. The summed E-state index contributed by atoms with van der Waals surface area (Å²) in [5, 5.41) is 3.67. The highest BCUT2D eigenvalue weighted by Gasteiger charge is 2.33. The van der Waals surface area contributed by atoms with Crippen LogP contribution in [0.3, 0.4) is 0 Å². The van der Waals surface area contributed by atoms with Crippen molar-refractivity contribution in [3.63, 3.8) is 0 Å². The third kappa shape index (κ3) is 7.07. The quantitative estimate of drug-likeness (QED) is 0.348. The molecule has 0 saturated heterocycles. The van der Waals surface area contributed by atoms with Crippen LogP contribution in [0.15, 0.2) is 77.7 Å². The molecule has 2 amide bonds. The van der Waals surface area contributed by atoms with E-state index in [1.807, 2.05) is 13.8 Å². The molecule has 3 rings (SSSR count). The number of nitrogens with zero attached hydrogens (tertiary/aromatic N) is 2. The number of nitrogens with one attached hydrogen (secondary N) is 1. The predicted octanol–water partition coefficient (Wildman–Crippen LogP) is 5.44. The van der Waals surface area contributed by atoms with E-state index in [-0.39, 0.29) is 29.1 Å². The highest BCUT2D eigenvalue weighted by Crippen LogP contribution is 2.31. The van der Waals surface area contributed by atoms with Crippen LogP contribution in [0.1, 0.15) is 31.9 Å². The summed E-state index contributed by atoms with van der Waals surface area (Å²) < 4.78 is 28.7. The van der Waals surface area contributed by atoms with Crippen LogP contribution in [0.4, 0.5) is 5.69 Å². The summed E-state index contributed by atoms with van der Waals surface area (Å²) in [6, 6.07) is 18.7. The molecular weight excluding hydrogens is 545 g/mol. The number of carbonyl (C=O) groups is 2. The maximum Gasteiger partial charge on any atom is 0.264 e. The summed E-state index contributed by atoms with van der Waals surface area (Å²) in [7, 11) is -4.16. The fourth-order valence-electron chi connectivity index (χ4n) is 3.92. The van der Waals surface area contributed by atoms with Gasteiger partial charge in [0.05, 0.1) is 10.6 Å². The van der Waals surface area contributed by atoms with Crippen LogP contribution in [-0.4, -0.2) is 43.8 Å². The molecule has 7 nitrogen and oxygen atoms in total. The lowest BCUT2D eigenvalue weighted by atomic mass is 10.1. The molecule has 1 atom stereocenters. The van der Waals surface area contributed by atoms with Crippen LogP contribution in [0, 0.1) is 6.92 Å². The molecule has 0 heterocycles. The Morgan fingerprint density at radius 2 is 1.58 bits per heavy atom.